The first-order valence-electron chi connectivity index (χ1n) is 7.25. The van der Waals surface area contributed by atoms with Gasteiger partial charge in [0.25, 0.3) is 5.91 Å². The molecule has 0 saturated carbocycles. The van der Waals surface area contributed by atoms with Crippen LogP contribution in [0.2, 0.25) is 0 Å². The topological polar surface area (TPSA) is 58.2 Å². The lowest BCUT2D eigenvalue weighted by atomic mass is 10.1. The number of rotatable bonds is 5. The van der Waals surface area contributed by atoms with Crippen LogP contribution in [0.4, 0.5) is 0 Å². The molecule has 0 aromatic heterocycles. The highest BCUT2D eigenvalue weighted by atomic mass is 16.2. The SMILES string of the molecule is Cc1ccc(C(=O)NCC(=O)N[C@H](C)c2ccccc2)cc1. The van der Waals surface area contributed by atoms with Gasteiger partial charge in [0, 0.05) is 5.56 Å². The zero-order valence-electron chi connectivity index (χ0n) is 12.8. The summed E-state index contributed by atoms with van der Waals surface area (Å²) >= 11 is 0. The van der Waals surface area contributed by atoms with Gasteiger partial charge in [-0.15, -0.1) is 0 Å². The van der Waals surface area contributed by atoms with Crippen molar-refractivity contribution in [3.05, 3.63) is 71.3 Å². The molecule has 114 valence electrons. The number of benzene rings is 2. The first-order chi connectivity index (χ1) is 10.6. The monoisotopic (exact) mass is 296 g/mol. The highest BCUT2D eigenvalue weighted by Gasteiger charge is 2.11. The summed E-state index contributed by atoms with van der Waals surface area (Å²) in [4.78, 5) is 23.8. The Bertz CT molecular complexity index is 636. The third-order valence-corrected chi connectivity index (χ3v) is 3.40. The van der Waals surface area contributed by atoms with E-state index >= 15 is 0 Å². The molecule has 4 nitrogen and oxygen atoms in total. The van der Waals surface area contributed by atoms with E-state index in [4.69, 9.17) is 0 Å². The minimum Gasteiger partial charge on any atom is -0.348 e. The number of amides is 2. The van der Waals surface area contributed by atoms with Gasteiger partial charge in [0.2, 0.25) is 5.91 Å². The van der Waals surface area contributed by atoms with Crippen LogP contribution in [0.3, 0.4) is 0 Å². The second-order valence-electron chi connectivity index (χ2n) is 5.25. The van der Waals surface area contributed by atoms with Gasteiger partial charge in [0.15, 0.2) is 0 Å². The molecule has 2 rings (SSSR count). The average molecular weight is 296 g/mol. The number of carbonyl (C=O) groups is 2. The van der Waals surface area contributed by atoms with Crippen molar-refractivity contribution < 1.29 is 9.59 Å². The molecule has 22 heavy (non-hydrogen) atoms. The molecule has 0 aliphatic rings. The number of carbonyl (C=O) groups excluding carboxylic acids is 2. The number of nitrogens with one attached hydrogen (secondary N) is 2. The molecule has 0 aliphatic carbocycles. The van der Waals surface area contributed by atoms with E-state index in [9.17, 15) is 9.59 Å². The lowest BCUT2D eigenvalue weighted by Crippen LogP contribution is -2.38. The Labute approximate surface area is 130 Å². The maximum absolute atomic E-state index is 11.9. The Kier molecular flexibility index (Phi) is 5.31. The quantitative estimate of drug-likeness (QED) is 0.891. The lowest BCUT2D eigenvalue weighted by molar-refractivity contribution is -0.120. The smallest absolute Gasteiger partial charge is 0.251 e. The van der Waals surface area contributed by atoms with Crippen molar-refractivity contribution in [2.24, 2.45) is 0 Å². The van der Waals surface area contributed by atoms with Crippen LogP contribution in [0, 0.1) is 6.92 Å². The Morgan fingerprint density at radius 2 is 1.64 bits per heavy atom. The van der Waals surface area contributed by atoms with Crippen molar-refractivity contribution >= 4 is 11.8 Å². The highest BCUT2D eigenvalue weighted by Crippen LogP contribution is 2.10. The summed E-state index contributed by atoms with van der Waals surface area (Å²) in [5.41, 5.74) is 2.67. The predicted octanol–water partition coefficient (Wildman–Crippen LogP) is 2.60. The molecule has 4 heteroatoms. The van der Waals surface area contributed by atoms with Gasteiger partial charge in [0.05, 0.1) is 12.6 Å². The molecule has 2 aromatic carbocycles. The van der Waals surface area contributed by atoms with Gasteiger partial charge in [-0.3, -0.25) is 9.59 Å². The molecule has 0 spiro atoms. The summed E-state index contributed by atoms with van der Waals surface area (Å²) in [7, 11) is 0. The number of hydrogen-bond donors (Lipinski definition) is 2. The van der Waals surface area contributed by atoms with Crippen LogP contribution in [0.25, 0.3) is 0 Å². The molecule has 0 bridgehead atoms. The van der Waals surface area contributed by atoms with Crippen molar-refractivity contribution in [3.63, 3.8) is 0 Å². The molecule has 2 aromatic rings. The van der Waals surface area contributed by atoms with Crippen molar-refractivity contribution in [1.82, 2.24) is 10.6 Å². The Morgan fingerprint density at radius 3 is 2.27 bits per heavy atom. The first kappa shape index (κ1) is 15.8. The molecule has 1 atom stereocenters. The summed E-state index contributed by atoms with van der Waals surface area (Å²) in [6, 6.07) is 16.8. The molecule has 2 amide bonds. The Morgan fingerprint density at radius 1 is 1.00 bits per heavy atom. The van der Waals surface area contributed by atoms with Crippen LogP contribution in [-0.4, -0.2) is 18.4 Å². The van der Waals surface area contributed by atoms with Gasteiger partial charge in [-0.1, -0.05) is 48.0 Å². The summed E-state index contributed by atoms with van der Waals surface area (Å²) < 4.78 is 0. The van der Waals surface area contributed by atoms with Crippen LogP contribution >= 0.6 is 0 Å². The average Bonchev–Trinajstić information content (AvgIpc) is 2.54. The van der Waals surface area contributed by atoms with Crippen molar-refractivity contribution in [2.45, 2.75) is 19.9 Å². The van der Waals surface area contributed by atoms with Gasteiger partial charge in [-0.2, -0.15) is 0 Å². The summed E-state index contributed by atoms with van der Waals surface area (Å²) in [6.45, 7) is 3.83. The van der Waals surface area contributed by atoms with Crippen LogP contribution in [0.5, 0.6) is 0 Å². The van der Waals surface area contributed by atoms with E-state index in [2.05, 4.69) is 10.6 Å². The fraction of sp³-hybridized carbons (Fsp3) is 0.222. The Balaban J connectivity index is 1.82. The van der Waals surface area contributed by atoms with E-state index in [0.717, 1.165) is 11.1 Å². The molecule has 0 heterocycles. The van der Waals surface area contributed by atoms with Crippen LogP contribution in [-0.2, 0) is 4.79 Å². The van der Waals surface area contributed by atoms with E-state index in [-0.39, 0.29) is 24.4 Å². The molecular formula is C18H20N2O2. The van der Waals surface area contributed by atoms with E-state index in [1.54, 1.807) is 12.1 Å². The van der Waals surface area contributed by atoms with Gasteiger partial charge in [-0.25, -0.2) is 0 Å². The van der Waals surface area contributed by atoms with E-state index < -0.39 is 0 Å². The highest BCUT2D eigenvalue weighted by molar-refractivity contribution is 5.96. The Hall–Kier alpha value is -2.62. The zero-order valence-corrected chi connectivity index (χ0v) is 12.8. The van der Waals surface area contributed by atoms with Gasteiger partial charge in [-0.05, 0) is 31.5 Å². The maximum Gasteiger partial charge on any atom is 0.251 e. The maximum atomic E-state index is 11.9. The summed E-state index contributed by atoms with van der Waals surface area (Å²) in [5.74, 6) is -0.459. The fourth-order valence-corrected chi connectivity index (χ4v) is 2.09. The van der Waals surface area contributed by atoms with Crippen molar-refractivity contribution in [2.75, 3.05) is 6.54 Å². The van der Waals surface area contributed by atoms with Gasteiger partial charge < -0.3 is 10.6 Å². The van der Waals surface area contributed by atoms with Crippen LogP contribution < -0.4 is 10.6 Å². The second kappa shape index (κ2) is 7.41. The molecule has 0 aliphatic heterocycles. The molecule has 0 radical (unpaired) electrons. The van der Waals surface area contributed by atoms with E-state index in [1.165, 1.54) is 0 Å². The molecule has 0 saturated heterocycles. The van der Waals surface area contributed by atoms with Crippen molar-refractivity contribution in [1.29, 1.82) is 0 Å². The van der Waals surface area contributed by atoms with Crippen molar-refractivity contribution in [3.8, 4) is 0 Å². The second-order valence-corrected chi connectivity index (χ2v) is 5.25. The third kappa shape index (κ3) is 4.45. The first-order valence-corrected chi connectivity index (χ1v) is 7.25. The molecule has 0 unspecified atom stereocenters. The number of hydrogen-bond acceptors (Lipinski definition) is 2. The zero-order chi connectivity index (χ0) is 15.9. The summed E-state index contributed by atoms with van der Waals surface area (Å²) in [5, 5.41) is 5.48. The van der Waals surface area contributed by atoms with Gasteiger partial charge >= 0.3 is 0 Å². The van der Waals surface area contributed by atoms with Crippen LogP contribution in [0.1, 0.15) is 34.5 Å². The molecule has 0 fully saturated rings. The minimum atomic E-state index is -0.248. The predicted molar refractivity (Wildman–Crippen MR) is 86.5 cm³/mol. The number of aryl methyl sites for hydroxylation is 1. The molecule has 2 N–H and O–H groups in total. The lowest BCUT2D eigenvalue weighted by Gasteiger charge is -2.14. The molecular weight excluding hydrogens is 276 g/mol. The fourth-order valence-electron chi connectivity index (χ4n) is 2.09. The standard InChI is InChI=1S/C18H20N2O2/c1-13-8-10-16(11-9-13)18(22)19-12-17(21)20-14(2)15-6-4-3-5-7-15/h3-11,14H,12H2,1-2H3,(H,19,22)(H,20,21)/t14-/m1/s1. The van der Waals surface area contributed by atoms with Gasteiger partial charge in [0.1, 0.15) is 0 Å². The minimum absolute atomic E-state index is 0.0378. The summed E-state index contributed by atoms with van der Waals surface area (Å²) in [6.07, 6.45) is 0. The van der Waals surface area contributed by atoms with Crippen LogP contribution in [0.15, 0.2) is 54.6 Å². The van der Waals surface area contributed by atoms with E-state index in [0.29, 0.717) is 5.56 Å². The largest absolute Gasteiger partial charge is 0.348 e. The third-order valence-electron chi connectivity index (χ3n) is 3.40. The van der Waals surface area contributed by atoms with E-state index in [1.807, 2.05) is 56.3 Å². The normalized spacial score (nSPS) is 11.5.